The molecule has 2 fully saturated rings. The van der Waals surface area contributed by atoms with Crippen LogP contribution in [0.3, 0.4) is 0 Å². The van der Waals surface area contributed by atoms with Gasteiger partial charge in [-0.15, -0.1) is 0 Å². The minimum atomic E-state index is -0.605. The first kappa shape index (κ1) is 11.1. The van der Waals surface area contributed by atoms with Crippen LogP contribution in [0.25, 0.3) is 0 Å². The highest BCUT2D eigenvalue weighted by atomic mass is 16.7. The van der Waals surface area contributed by atoms with Crippen molar-refractivity contribution in [2.45, 2.75) is 44.9 Å². The summed E-state index contributed by atoms with van der Waals surface area (Å²) in [5.41, 5.74) is 1.62. The normalized spacial score (nSPS) is 39.2. The van der Waals surface area contributed by atoms with Crippen molar-refractivity contribution in [2.24, 2.45) is 0 Å². The average molecular weight is 236 g/mol. The number of allylic oxidation sites excluding steroid dienone is 2. The average Bonchev–Trinajstić information content (AvgIpc) is 3.03. The lowest BCUT2D eigenvalue weighted by atomic mass is 9.87. The van der Waals surface area contributed by atoms with Crippen LogP contribution in [0.2, 0.25) is 0 Å². The lowest BCUT2D eigenvalue weighted by Gasteiger charge is -2.39. The van der Waals surface area contributed by atoms with Crippen molar-refractivity contribution in [3.63, 3.8) is 0 Å². The highest BCUT2D eigenvalue weighted by molar-refractivity contribution is 6.05. The fraction of sp³-hybridized carbons (Fsp3) is 0.615. The summed E-state index contributed by atoms with van der Waals surface area (Å²) in [6.07, 6.45) is 3.15. The van der Waals surface area contributed by atoms with Gasteiger partial charge in [0.15, 0.2) is 11.6 Å². The van der Waals surface area contributed by atoms with Crippen molar-refractivity contribution < 1.29 is 19.0 Å². The first-order valence-corrected chi connectivity index (χ1v) is 5.91. The lowest BCUT2D eigenvalue weighted by Crippen LogP contribution is -2.47. The molecule has 1 aliphatic carbocycles. The molecule has 3 atom stereocenters. The van der Waals surface area contributed by atoms with E-state index < -0.39 is 5.79 Å². The zero-order valence-electron chi connectivity index (χ0n) is 10.2. The number of Topliss-reactive ketones (excluding diaryl/α,β-unsaturated/α-hetero) is 1. The summed E-state index contributed by atoms with van der Waals surface area (Å²) in [6.45, 7) is 6.10. The Morgan fingerprint density at radius 2 is 2.12 bits per heavy atom. The maximum Gasteiger partial charge on any atom is 0.194 e. The van der Waals surface area contributed by atoms with Crippen LogP contribution in [0, 0.1) is 0 Å². The smallest absolute Gasteiger partial charge is 0.194 e. The summed E-state index contributed by atoms with van der Waals surface area (Å²) >= 11 is 0. The third-order valence-electron chi connectivity index (χ3n) is 3.36. The van der Waals surface area contributed by atoms with Gasteiger partial charge in [-0.25, -0.2) is 0 Å². The Morgan fingerprint density at radius 3 is 2.82 bits per heavy atom. The van der Waals surface area contributed by atoms with E-state index in [2.05, 4.69) is 0 Å². The number of ketones is 1. The third kappa shape index (κ3) is 1.68. The van der Waals surface area contributed by atoms with E-state index >= 15 is 0 Å². The van der Waals surface area contributed by atoms with Crippen molar-refractivity contribution in [3.05, 3.63) is 23.3 Å². The standard InChI is InChI=1S/C13H16O4/c1-4-5-7-8-6-15-13(2,3)17-10(8)12-11(16-12)9(7)14/h4-5,10-12H,6H2,1-3H3/b5-4-/t10-,11-,12+/m1/s1. The molecule has 0 aromatic carbocycles. The molecular formula is C13H16O4. The number of rotatable bonds is 1. The van der Waals surface area contributed by atoms with Gasteiger partial charge in [-0.2, -0.15) is 0 Å². The first-order chi connectivity index (χ1) is 8.03. The predicted octanol–water partition coefficient (Wildman–Crippen LogP) is 1.36. The van der Waals surface area contributed by atoms with Gasteiger partial charge in [-0.3, -0.25) is 4.79 Å². The van der Waals surface area contributed by atoms with E-state index in [1.54, 1.807) is 0 Å². The summed E-state index contributed by atoms with van der Waals surface area (Å²) in [4.78, 5) is 12.0. The molecule has 17 heavy (non-hydrogen) atoms. The summed E-state index contributed by atoms with van der Waals surface area (Å²) in [5.74, 6) is -0.544. The topological polar surface area (TPSA) is 48.1 Å². The lowest BCUT2D eigenvalue weighted by molar-refractivity contribution is -0.255. The van der Waals surface area contributed by atoms with Gasteiger partial charge < -0.3 is 14.2 Å². The van der Waals surface area contributed by atoms with E-state index in [4.69, 9.17) is 14.2 Å². The molecule has 92 valence electrons. The summed E-state index contributed by atoms with van der Waals surface area (Å²) in [6, 6.07) is 0. The zero-order valence-corrected chi connectivity index (χ0v) is 10.2. The zero-order chi connectivity index (χ0) is 12.2. The minimum absolute atomic E-state index is 0.0613. The maximum atomic E-state index is 12.0. The summed E-state index contributed by atoms with van der Waals surface area (Å²) in [5, 5.41) is 0. The fourth-order valence-electron chi connectivity index (χ4n) is 2.47. The summed E-state index contributed by atoms with van der Waals surface area (Å²) in [7, 11) is 0. The Morgan fingerprint density at radius 1 is 1.35 bits per heavy atom. The van der Waals surface area contributed by atoms with Crippen molar-refractivity contribution >= 4 is 5.78 Å². The molecular weight excluding hydrogens is 220 g/mol. The summed E-state index contributed by atoms with van der Waals surface area (Å²) < 4.78 is 16.9. The number of hydrogen-bond acceptors (Lipinski definition) is 4. The molecule has 0 amide bonds. The second-order valence-electron chi connectivity index (χ2n) is 5.05. The second-order valence-corrected chi connectivity index (χ2v) is 5.05. The van der Waals surface area contributed by atoms with Gasteiger partial charge in [0.25, 0.3) is 0 Å². The van der Waals surface area contributed by atoms with Gasteiger partial charge in [0.1, 0.15) is 18.3 Å². The molecule has 2 aliphatic heterocycles. The van der Waals surface area contributed by atoms with Gasteiger partial charge in [0.2, 0.25) is 0 Å². The molecule has 3 rings (SSSR count). The van der Waals surface area contributed by atoms with E-state index in [9.17, 15) is 4.79 Å². The molecule has 4 nitrogen and oxygen atoms in total. The van der Waals surface area contributed by atoms with Crippen LogP contribution >= 0.6 is 0 Å². The van der Waals surface area contributed by atoms with Crippen LogP contribution in [-0.2, 0) is 19.0 Å². The molecule has 4 heteroatoms. The molecule has 0 radical (unpaired) electrons. The minimum Gasteiger partial charge on any atom is -0.358 e. The van der Waals surface area contributed by atoms with E-state index in [1.807, 2.05) is 32.9 Å². The number of carbonyl (C=O) groups excluding carboxylic acids is 1. The number of fused-ring (bicyclic) bond motifs is 3. The van der Waals surface area contributed by atoms with E-state index in [0.717, 1.165) is 5.57 Å². The van der Waals surface area contributed by atoms with Crippen LogP contribution in [-0.4, -0.2) is 36.5 Å². The molecule has 0 aromatic rings. The molecule has 0 N–H and O–H groups in total. The highest BCUT2D eigenvalue weighted by Gasteiger charge is 2.58. The number of epoxide rings is 1. The molecule has 0 bridgehead atoms. The van der Waals surface area contributed by atoms with Crippen molar-refractivity contribution in [2.75, 3.05) is 6.61 Å². The molecule has 3 aliphatic rings. The second kappa shape index (κ2) is 3.51. The fourth-order valence-corrected chi connectivity index (χ4v) is 2.47. The van der Waals surface area contributed by atoms with Crippen LogP contribution < -0.4 is 0 Å². The Labute approximate surface area is 100 Å². The molecule has 2 heterocycles. The van der Waals surface area contributed by atoms with Crippen LogP contribution in [0.5, 0.6) is 0 Å². The monoisotopic (exact) mass is 236 g/mol. The van der Waals surface area contributed by atoms with Crippen molar-refractivity contribution in [3.8, 4) is 0 Å². The quantitative estimate of drug-likeness (QED) is 0.645. The van der Waals surface area contributed by atoms with Crippen LogP contribution in [0.1, 0.15) is 20.8 Å². The number of hydrogen-bond donors (Lipinski definition) is 0. The van der Waals surface area contributed by atoms with Gasteiger partial charge in [-0.05, 0) is 26.3 Å². The highest BCUT2D eigenvalue weighted by Crippen LogP contribution is 2.43. The molecule has 0 saturated carbocycles. The van der Waals surface area contributed by atoms with Crippen LogP contribution in [0.4, 0.5) is 0 Å². The first-order valence-electron chi connectivity index (χ1n) is 5.91. The van der Waals surface area contributed by atoms with Gasteiger partial charge in [0, 0.05) is 5.57 Å². The molecule has 0 aromatic heterocycles. The third-order valence-corrected chi connectivity index (χ3v) is 3.36. The van der Waals surface area contributed by atoms with Crippen molar-refractivity contribution in [1.29, 1.82) is 0 Å². The molecule has 0 spiro atoms. The van der Waals surface area contributed by atoms with E-state index in [1.165, 1.54) is 0 Å². The van der Waals surface area contributed by atoms with Gasteiger partial charge >= 0.3 is 0 Å². The van der Waals surface area contributed by atoms with Crippen LogP contribution in [0.15, 0.2) is 23.3 Å². The number of ether oxygens (including phenoxy) is 3. The largest absolute Gasteiger partial charge is 0.358 e. The Bertz CT molecular complexity index is 433. The van der Waals surface area contributed by atoms with Gasteiger partial charge in [0.05, 0.1) is 6.61 Å². The van der Waals surface area contributed by atoms with Crippen molar-refractivity contribution in [1.82, 2.24) is 0 Å². The Balaban J connectivity index is 2.00. The number of carbonyl (C=O) groups is 1. The van der Waals surface area contributed by atoms with E-state index in [-0.39, 0.29) is 24.1 Å². The predicted molar refractivity (Wildman–Crippen MR) is 60.4 cm³/mol. The Kier molecular flexibility index (Phi) is 2.30. The SMILES string of the molecule is C/C=C\C1=C2COC(C)(C)O[C@H]2[C@@H]2O[C@@H]2C1=O. The molecule has 2 saturated heterocycles. The Hall–Kier alpha value is -0.970. The maximum absolute atomic E-state index is 12.0. The van der Waals surface area contributed by atoms with Gasteiger partial charge in [-0.1, -0.05) is 12.2 Å². The van der Waals surface area contributed by atoms with E-state index in [0.29, 0.717) is 12.2 Å². The molecule has 0 unspecified atom stereocenters.